The van der Waals surface area contributed by atoms with Gasteiger partial charge in [-0.05, 0) is 17.8 Å². The molecule has 0 saturated heterocycles. The third kappa shape index (κ3) is 5.33. The van der Waals surface area contributed by atoms with E-state index in [2.05, 4.69) is 28.6 Å². The van der Waals surface area contributed by atoms with Gasteiger partial charge in [-0.3, -0.25) is 4.79 Å². The molecule has 1 heterocycles. The van der Waals surface area contributed by atoms with Crippen molar-refractivity contribution >= 4 is 27.6 Å². The molecule has 1 aromatic carbocycles. The van der Waals surface area contributed by atoms with Crippen molar-refractivity contribution in [2.24, 2.45) is 0 Å². The maximum atomic E-state index is 12.8. The van der Waals surface area contributed by atoms with E-state index in [0.29, 0.717) is 27.2 Å². The van der Waals surface area contributed by atoms with E-state index >= 15 is 0 Å². The molecular weight excluding hydrogens is 445 g/mol. The molecular formula is C16H13BrF2NO2Y-. The number of halogens is 3. The summed E-state index contributed by atoms with van der Waals surface area (Å²) in [5.74, 6) is -0.0284. The van der Waals surface area contributed by atoms with Gasteiger partial charge in [0.2, 0.25) is 0 Å². The zero-order valence-electron chi connectivity index (χ0n) is 12.4. The van der Waals surface area contributed by atoms with Gasteiger partial charge in [0, 0.05) is 39.6 Å². The Morgan fingerprint density at radius 3 is 2.52 bits per heavy atom. The molecule has 3 nitrogen and oxygen atoms in total. The quantitative estimate of drug-likeness (QED) is 0.387. The predicted octanol–water partition coefficient (Wildman–Crippen LogP) is 4.13. The van der Waals surface area contributed by atoms with Gasteiger partial charge in [-0.25, -0.2) is 8.78 Å². The number of esters is 1. The number of rotatable bonds is 4. The molecule has 1 aliphatic heterocycles. The van der Waals surface area contributed by atoms with E-state index in [1.54, 1.807) is 30.3 Å². The zero-order chi connectivity index (χ0) is 16.3. The Bertz CT molecular complexity index is 657. The first kappa shape index (κ1) is 20.2. The van der Waals surface area contributed by atoms with Gasteiger partial charge in [0.15, 0.2) is 0 Å². The van der Waals surface area contributed by atoms with Crippen LogP contribution in [0.2, 0.25) is 0 Å². The Balaban J connectivity index is 0.00000264. The Morgan fingerprint density at radius 1 is 1.39 bits per heavy atom. The minimum Gasteiger partial charge on any atom is -0.427 e. The molecule has 7 heteroatoms. The normalized spacial score (nSPS) is 14.1. The van der Waals surface area contributed by atoms with E-state index in [0.717, 1.165) is 0 Å². The Kier molecular flexibility index (Phi) is 7.77. The van der Waals surface area contributed by atoms with Crippen LogP contribution >= 0.6 is 15.9 Å². The van der Waals surface area contributed by atoms with Crippen LogP contribution in [-0.2, 0) is 37.5 Å². The monoisotopic (exact) mass is 457 g/mol. The summed E-state index contributed by atoms with van der Waals surface area (Å²) in [4.78, 5) is 12.3. The van der Waals surface area contributed by atoms with Crippen LogP contribution in [0.1, 0.15) is 12.5 Å². The molecule has 0 N–H and O–H groups in total. The van der Waals surface area contributed by atoms with E-state index in [-0.39, 0.29) is 32.7 Å². The van der Waals surface area contributed by atoms with Crippen LogP contribution in [0.4, 0.5) is 8.78 Å². The molecule has 119 valence electrons. The molecule has 0 saturated carbocycles. The maximum Gasteiger partial charge on any atom is 0.308 e. The summed E-state index contributed by atoms with van der Waals surface area (Å²) in [5.41, 5.74) is 1.61. The van der Waals surface area contributed by atoms with Crippen LogP contribution in [0.3, 0.4) is 0 Å². The van der Waals surface area contributed by atoms with Crippen LogP contribution < -0.4 is 4.74 Å². The van der Waals surface area contributed by atoms with Crippen molar-refractivity contribution in [1.29, 1.82) is 0 Å². The Hall–Kier alpha value is -0.846. The third-order valence-corrected chi connectivity index (χ3v) is 3.60. The second-order valence-electron chi connectivity index (χ2n) is 4.55. The second kappa shape index (κ2) is 8.85. The minimum atomic E-state index is -2.51. The number of nitrogens with zero attached hydrogens (tertiary/aromatic N) is 1. The number of benzene rings is 1. The molecule has 0 fully saturated rings. The van der Waals surface area contributed by atoms with Crippen LogP contribution in [-0.4, -0.2) is 23.8 Å². The molecule has 2 rings (SSSR count). The van der Waals surface area contributed by atoms with Gasteiger partial charge in [0.25, 0.3) is 6.43 Å². The number of hydrogen-bond acceptors (Lipinski definition) is 3. The summed E-state index contributed by atoms with van der Waals surface area (Å²) >= 11 is 3.26. The van der Waals surface area contributed by atoms with Crippen molar-refractivity contribution in [3.05, 3.63) is 58.7 Å². The fraction of sp³-hybridized carbons (Fsp3) is 0.188. The van der Waals surface area contributed by atoms with Crippen LogP contribution in [0.15, 0.2) is 47.1 Å². The number of ether oxygens (including phenoxy) is 1. The Labute approximate surface area is 167 Å². The molecule has 0 amide bonds. The average Bonchev–Trinajstić information content (AvgIpc) is 2.44. The van der Waals surface area contributed by atoms with Crippen molar-refractivity contribution < 1.29 is 51.0 Å². The van der Waals surface area contributed by atoms with Gasteiger partial charge in [-0.15, -0.1) is 28.1 Å². The molecule has 0 aliphatic carbocycles. The van der Waals surface area contributed by atoms with E-state index in [4.69, 9.17) is 4.74 Å². The molecule has 1 aromatic rings. The van der Waals surface area contributed by atoms with Gasteiger partial charge in [0.1, 0.15) is 5.75 Å². The van der Waals surface area contributed by atoms with Gasteiger partial charge >= 0.3 is 5.97 Å². The van der Waals surface area contributed by atoms with Gasteiger partial charge < -0.3 is 9.64 Å². The summed E-state index contributed by atoms with van der Waals surface area (Å²) in [5, 5.41) is 0. The van der Waals surface area contributed by atoms with E-state index in [1.807, 2.05) is 0 Å². The second-order valence-corrected chi connectivity index (χ2v) is 5.41. The van der Waals surface area contributed by atoms with Crippen molar-refractivity contribution in [3.8, 4) is 5.75 Å². The fourth-order valence-corrected chi connectivity index (χ4v) is 2.31. The molecule has 0 bridgehead atoms. The van der Waals surface area contributed by atoms with Crippen LogP contribution in [0, 0.1) is 6.08 Å². The van der Waals surface area contributed by atoms with Crippen molar-refractivity contribution in [3.63, 3.8) is 0 Å². The number of carbonyl (C=O) groups is 1. The standard InChI is InChI=1S/C16H13BrF2NO2.Y/c1-10-14(17)7-8-15(20(10)9-16(18)19)12-3-5-13(6-4-12)22-11(2)21;/h3-7,16H,1,9H2,2H3;/q-1;. The Morgan fingerprint density at radius 2 is 2.00 bits per heavy atom. The van der Waals surface area contributed by atoms with Crippen molar-refractivity contribution in [2.75, 3.05) is 6.54 Å². The first-order valence-electron chi connectivity index (χ1n) is 6.41. The number of carbonyl (C=O) groups excluding carboxylic acids is 1. The zero-order valence-corrected chi connectivity index (χ0v) is 16.8. The molecule has 0 atom stereocenters. The summed E-state index contributed by atoms with van der Waals surface area (Å²) in [6, 6.07) is 6.56. The SMILES string of the molecule is C=C1C(Br)=C[C-]=C(c2ccc(OC(C)=O)cc2)N1CC(F)F.[Y]. The number of alkyl halides is 2. The molecule has 23 heavy (non-hydrogen) atoms. The first-order valence-corrected chi connectivity index (χ1v) is 7.20. The van der Waals surface area contributed by atoms with E-state index in [9.17, 15) is 13.6 Å². The first-order chi connectivity index (χ1) is 10.4. The summed E-state index contributed by atoms with van der Waals surface area (Å²) < 4.78 is 31.2. The van der Waals surface area contributed by atoms with E-state index in [1.165, 1.54) is 11.8 Å². The molecule has 0 unspecified atom stereocenters. The average molecular weight is 458 g/mol. The minimum absolute atomic E-state index is 0. The van der Waals surface area contributed by atoms with Crippen molar-refractivity contribution in [1.82, 2.24) is 4.90 Å². The third-order valence-electron chi connectivity index (χ3n) is 2.92. The van der Waals surface area contributed by atoms with Crippen LogP contribution in [0.25, 0.3) is 5.70 Å². The van der Waals surface area contributed by atoms with Gasteiger partial charge in [-0.2, -0.15) is 12.2 Å². The summed E-state index contributed by atoms with van der Waals surface area (Å²) in [6.07, 6.45) is 2.09. The molecule has 1 radical (unpaired) electrons. The van der Waals surface area contributed by atoms with E-state index < -0.39 is 18.9 Å². The molecule has 1 aliphatic rings. The van der Waals surface area contributed by atoms with Crippen LogP contribution in [0.5, 0.6) is 5.75 Å². The topological polar surface area (TPSA) is 29.5 Å². The maximum absolute atomic E-state index is 12.8. The van der Waals surface area contributed by atoms with Gasteiger partial charge in [0.05, 0.1) is 6.54 Å². The number of allylic oxidation sites excluding steroid dienone is 3. The molecule has 0 aromatic heterocycles. The van der Waals surface area contributed by atoms with Gasteiger partial charge in [-0.1, -0.05) is 22.3 Å². The number of hydrogen-bond donors (Lipinski definition) is 0. The predicted molar refractivity (Wildman–Crippen MR) is 83.3 cm³/mol. The largest absolute Gasteiger partial charge is 0.427 e. The smallest absolute Gasteiger partial charge is 0.308 e. The summed E-state index contributed by atoms with van der Waals surface area (Å²) in [6.45, 7) is 4.64. The fourth-order valence-electron chi connectivity index (χ4n) is 1.98. The summed E-state index contributed by atoms with van der Waals surface area (Å²) in [7, 11) is 0. The molecule has 0 spiro atoms. The van der Waals surface area contributed by atoms with Crippen molar-refractivity contribution in [2.45, 2.75) is 13.3 Å².